The molecule has 36 heavy (non-hydrogen) atoms. The predicted molar refractivity (Wildman–Crippen MR) is 126 cm³/mol. The summed E-state index contributed by atoms with van der Waals surface area (Å²) in [7, 11) is 1.69. The SMILES string of the molecule is CNc1cc2c(C3CC3)c(=O)n(-c3nc(NC(=O)Nc4ccc(F)cc4F)c(F)cc3F)cc2cn1. The minimum atomic E-state index is -1.22. The van der Waals surface area contributed by atoms with Gasteiger partial charge in [0.15, 0.2) is 23.3 Å². The molecule has 1 aliphatic carbocycles. The van der Waals surface area contributed by atoms with Gasteiger partial charge in [-0.2, -0.15) is 0 Å². The Morgan fingerprint density at radius 2 is 1.81 bits per heavy atom. The number of pyridine rings is 3. The number of nitrogens with one attached hydrogen (secondary N) is 3. The van der Waals surface area contributed by atoms with Gasteiger partial charge in [-0.3, -0.25) is 14.7 Å². The summed E-state index contributed by atoms with van der Waals surface area (Å²) in [5, 5.41) is 8.27. The van der Waals surface area contributed by atoms with E-state index < -0.39 is 46.5 Å². The van der Waals surface area contributed by atoms with E-state index in [1.165, 1.54) is 12.4 Å². The van der Waals surface area contributed by atoms with Crippen molar-refractivity contribution in [3.05, 3.63) is 81.9 Å². The molecule has 184 valence electrons. The van der Waals surface area contributed by atoms with Gasteiger partial charge in [-0.25, -0.2) is 32.3 Å². The van der Waals surface area contributed by atoms with Crippen LogP contribution in [0, 0.1) is 23.3 Å². The molecule has 3 heterocycles. The number of aromatic nitrogens is 3. The smallest absolute Gasteiger partial charge is 0.325 e. The van der Waals surface area contributed by atoms with Crippen molar-refractivity contribution in [2.75, 3.05) is 23.0 Å². The van der Waals surface area contributed by atoms with Crippen molar-refractivity contribution in [3.8, 4) is 5.82 Å². The van der Waals surface area contributed by atoms with Crippen molar-refractivity contribution in [2.45, 2.75) is 18.8 Å². The van der Waals surface area contributed by atoms with Crippen molar-refractivity contribution in [3.63, 3.8) is 0 Å². The number of hydrogen-bond donors (Lipinski definition) is 3. The summed E-state index contributed by atoms with van der Waals surface area (Å²) in [6, 6.07) is 3.55. The number of amides is 2. The van der Waals surface area contributed by atoms with Gasteiger partial charge in [-0.1, -0.05) is 0 Å². The molecule has 0 bridgehead atoms. The van der Waals surface area contributed by atoms with E-state index in [-0.39, 0.29) is 11.6 Å². The molecule has 8 nitrogen and oxygen atoms in total. The fraction of sp³-hybridized carbons (Fsp3) is 0.167. The van der Waals surface area contributed by atoms with Crippen LogP contribution in [-0.2, 0) is 0 Å². The summed E-state index contributed by atoms with van der Waals surface area (Å²) in [6.45, 7) is 0. The lowest BCUT2D eigenvalue weighted by atomic mass is 10.1. The number of fused-ring (bicyclic) bond motifs is 1. The Morgan fingerprint density at radius 1 is 1.03 bits per heavy atom. The zero-order chi connectivity index (χ0) is 25.6. The standard InChI is InChI=1S/C24H18F4N6O2/c1-29-19-7-14-12(9-30-19)10-34(23(35)20(14)11-2-3-11)22-17(28)8-16(27)21(32-22)33-24(36)31-18-5-4-13(25)6-15(18)26/h4-11,29H,2-3H2,1H3,(H2,31,32,33,36). The highest BCUT2D eigenvalue weighted by atomic mass is 19.1. The van der Waals surface area contributed by atoms with E-state index in [1.807, 2.05) is 0 Å². The van der Waals surface area contributed by atoms with E-state index in [0.717, 1.165) is 29.5 Å². The van der Waals surface area contributed by atoms with Gasteiger partial charge in [0.1, 0.15) is 17.5 Å². The number of nitrogens with zero attached hydrogens (tertiary/aromatic N) is 3. The zero-order valence-electron chi connectivity index (χ0n) is 18.7. The number of carbonyl (C=O) groups excluding carboxylic acids is 1. The Hall–Kier alpha value is -4.48. The molecule has 4 aromatic rings. The van der Waals surface area contributed by atoms with E-state index in [4.69, 9.17) is 0 Å². The lowest BCUT2D eigenvalue weighted by Crippen LogP contribution is -2.26. The van der Waals surface area contributed by atoms with Crippen LogP contribution in [0.15, 0.2) is 47.5 Å². The summed E-state index contributed by atoms with van der Waals surface area (Å²) in [4.78, 5) is 33.8. The second-order valence-electron chi connectivity index (χ2n) is 8.23. The van der Waals surface area contributed by atoms with Crippen LogP contribution in [0.1, 0.15) is 24.3 Å². The number of rotatable bonds is 5. The summed E-state index contributed by atoms with van der Waals surface area (Å²) in [5.41, 5.74) is -0.430. The third-order valence-corrected chi connectivity index (χ3v) is 5.73. The molecule has 3 aromatic heterocycles. The first kappa shape index (κ1) is 23.3. The van der Waals surface area contributed by atoms with Gasteiger partial charge in [0.05, 0.1) is 5.69 Å². The molecule has 0 atom stereocenters. The van der Waals surface area contributed by atoms with Crippen LogP contribution in [0.3, 0.4) is 0 Å². The highest BCUT2D eigenvalue weighted by Gasteiger charge is 2.30. The molecule has 1 saturated carbocycles. The lowest BCUT2D eigenvalue weighted by Gasteiger charge is -2.14. The molecule has 3 N–H and O–H groups in total. The average Bonchev–Trinajstić information content (AvgIpc) is 3.67. The van der Waals surface area contributed by atoms with Crippen molar-refractivity contribution < 1.29 is 22.4 Å². The van der Waals surface area contributed by atoms with E-state index in [9.17, 15) is 27.2 Å². The van der Waals surface area contributed by atoms with E-state index in [2.05, 4.69) is 25.9 Å². The Balaban J connectivity index is 1.54. The predicted octanol–water partition coefficient (Wildman–Crippen LogP) is 4.90. The quantitative estimate of drug-likeness (QED) is 0.340. The molecular weight excluding hydrogens is 480 g/mol. The lowest BCUT2D eigenvalue weighted by molar-refractivity contribution is 0.262. The summed E-state index contributed by atoms with van der Waals surface area (Å²) >= 11 is 0. The highest BCUT2D eigenvalue weighted by molar-refractivity contribution is 5.99. The molecule has 0 unspecified atom stereocenters. The molecule has 1 aliphatic rings. The van der Waals surface area contributed by atoms with Crippen molar-refractivity contribution >= 4 is 34.1 Å². The molecule has 0 spiro atoms. The maximum Gasteiger partial charge on any atom is 0.325 e. The second kappa shape index (κ2) is 8.95. The number of anilines is 3. The van der Waals surface area contributed by atoms with Gasteiger partial charge >= 0.3 is 6.03 Å². The third-order valence-electron chi connectivity index (χ3n) is 5.73. The minimum absolute atomic E-state index is 0.0166. The molecule has 5 rings (SSSR count). The van der Waals surface area contributed by atoms with Gasteiger partial charge in [-0.15, -0.1) is 0 Å². The normalized spacial score (nSPS) is 13.0. The fourth-order valence-corrected chi connectivity index (χ4v) is 3.87. The Kier molecular flexibility index (Phi) is 5.78. The summed E-state index contributed by atoms with van der Waals surface area (Å²) in [5.74, 6) is -4.95. The molecule has 0 aliphatic heterocycles. The first-order valence-corrected chi connectivity index (χ1v) is 10.9. The highest BCUT2D eigenvalue weighted by Crippen LogP contribution is 2.41. The number of halogens is 4. The summed E-state index contributed by atoms with van der Waals surface area (Å²) < 4.78 is 57.2. The van der Waals surface area contributed by atoms with Crippen LogP contribution in [0.2, 0.25) is 0 Å². The topological polar surface area (TPSA) is 101 Å². The van der Waals surface area contributed by atoms with Gasteiger partial charge in [-0.05, 0) is 42.3 Å². The Labute approximate surface area is 201 Å². The maximum atomic E-state index is 14.8. The number of urea groups is 1. The fourth-order valence-electron chi connectivity index (χ4n) is 3.87. The van der Waals surface area contributed by atoms with E-state index >= 15 is 0 Å². The number of benzene rings is 1. The molecule has 0 saturated heterocycles. The van der Waals surface area contributed by atoms with Crippen LogP contribution in [0.25, 0.3) is 16.6 Å². The second-order valence-corrected chi connectivity index (χ2v) is 8.23. The van der Waals surface area contributed by atoms with Crippen molar-refractivity contribution in [1.29, 1.82) is 0 Å². The van der Waals surface area contributed by atoms with Gasteiger partial charge < -0.3 is 10.6 Å². The molecule has 2 amide bonds. The number of hydrogen-bond acceptors (Lipinski definition) is 5. The van der Waals surface area contributed by atoms with Crippen molar-refractivity contribution in [2.24, 2.45) is 0 Å². The van der Waals surface area contributed by atoms with Crippen LogP contribution in [0.4, 0.5) is 39.7 Å². The van der Waals surface area contributed by atoms with Crippen LogP contribution in [-0.4, -0.2) is 27.6 Å². The number of carbonyl (C=O) groups is 1. The Morgan fingerprint density at radius 3 is 2.50 bits per heavy atom. The Bertz CT molecular complexity index is 1590. The molecule has 12 heteroatoms. The van der Waals surface area contributed by atoms with Crippen LogP contribution >= 0.6 is 0 Å². The van der Waals surface area contributed by atoms with Crippen LogP contribution in [0.5, 0.6) is 0 Å². The van der Waals surface area contributed by atoms with Crippen LogP contribution < -0.4 is 21.5 Å². The largest absolute Gasteiger partial charge is 0.373 e. The van der Waals surface area contributed by atoms with E-state index in [0.29, 0.717) is 34.3 Å². The molecule has 1 fully saturated rings. The first-order valence-electron chi connectivity index (χ1n) is 10.9. The van der Waals surface area contributed by atoms with Gasteiger partial charge in [0.2, 0.25) is 0 Å². The summed E-state index contributed by atoms with van der Waals surface area (Å²) in [6.07, 6.45) is 4.45. The zero-order valence-corrected chi connectivity index (χ0v) is 18.7. The molecule has 0 radical (unpaired) electrons. The van der Waals surface area contributed by atoms with Gasteiger partial charge in [0.25, 0.3) is 5.56 Å². The molecule has 1 aromatic carbocycles. The average molecular weight is 498 g/mol. The monoisotopic (exact) mass is 498 g/mol. The minimum Gasteiger partial charge on any atom is -0.373 e. The first-order chi connectivity index (χ1) is 17.2. The maximum absolute atomic E-state index is 14.8. The van der Waals surface area contributed by atoms with E-state index in [1.54, 1.807) is 13.1 Å². The third kappa shape index (κ3) is 4.32. The van der Waals surface area contributed by atoms with Gasteiger partial charge in [0, 0.05) is 42.5 Å². The van der Waals surface area contributed by atoms with Crippen molar-refractivity contribution in [1.82, 2.24) is 14.5 Å². The molecular formula is C24H18F4N6O2.